The third kappa shape index (κ3) is 1.97. The van der Waals surface area contributed by atoms with Gasteiger partial charge >= 0.3 is 0 Å². The van der Waals surface area contributed by atoms with Gasteiger partial charge in [-0.25, -0.2) is 0 Å². The summed E-state index contributed by atoms with van der Waals surface area (Å²) in [5.41, 5.74) is 1.21. The second kappa shape index (κ2) is 4.36. The Balaban J connectivity index is 2.69. The van der Waals surface area contributed by atoms with Gasteiger partial charge < -0.3 is 0 Å². The van der Waals surface area contributed by atoms with Crippen LogP contribution < -0.4 is 0 Å². The molecule has 0 saturated carbocycles. The summed E-state index contributed by atoms with van der Waals surface area (Å²) in [5, 5.41) is 0.904. The quantitative estimate of drug-likeness (QED) is 0.699. The Labute approximate surface area is 108 Å². The Hall–Kier alpha value is -0.570. The lowest BCUT2D eigenvalue weighted by Crippen LogP contribution is -1.85. The van der Waals surface area contributed by atoms with Gasteiger partial charge in [-0.15, -0.1) is 11.3 Å². The van der Waals surface area contributed by atoms with Crippen molar-refractivity contribution in [3.8, 4) is 0 Å². The largest absolute Gasteiger partial charge is 0.275 e. The molecule has 0 fully saturated rings. The summed E-state index contributed by atoms with van der Waals surface area (Å²) >= 11 is 12.9. The van der Waals surface area contributed by atoms with E-state index in [0.29, 0.717) is 15.8 Å². The van der Waals surface area contributed by atoms with Gasteiger partial charge in [-0.3, -0.25) is 4.79 Å². The number of carbonyl (C=O) groups is 1. The van der Waals surface area contributed by atoms with E-state index in [4.69, 9.17) is 23.2 Å². The van der Waals surface area contributed by atoms with Gasteiger partial charge in [-0.2, -0.15) is 0 Å². The summed E-state index contributed by atoms with van der Waals surface area (Å²) in [6, 6.07) is 6.08. The van der Waals surface area contributed by atoms with Gasteiger partial charge in [0, 0.05) is 10.1 Å². The Morgan fingerprint density at radius 2 is 2.06 bits per heavy atom. The Bertz CT molecular complexity index is 557. The first-order valence-corrected chi connectivity index (χ1v) is 6.49. The van der Waals surface area contributed by atoms with Crippen LogP contribution in [0.1, 0.15) is 35.0 Å². The monoisotopic (exact) mass is 272 g/mol. The highest BCUT2D eigenvalue weighted by Gasteiger charge is 2.15. The maximum atomic E-state index is 11.1. The molecule has 0 aliphatic carbocycles. The molecule has 1 nitrogen and oxygen atoms in total. The first-order chi connectivity index (χ1) is 7.50. The molecule has 84 valence electrons. The number of thiophene rings is 1. The number of carbonyl (C=O) groups excluding carboxylic acids is 1. The molecule has 0 unspecified atom stereocenters. The predicted molar refractivity (Wildman–Crippen MR) is 71.1 cm³/mol. The highest BCUT2D eigenvalue weighted by molar-refractivity contribution is 7.23. The first-order valence-electron chi connectivity index (χ1n) is 4.92. The fraction of sp³-hybridized carbons (Fsp3) is 0.250. The molecular formula is C12H10Cl2OS. The van der Waals surface area contributed by atoms with Crippen LogP contribution >= 0.6 is 34.5 Å². The number of rotatable bonds is 2. The normalized spacial score (nSPS) is 11.3. The average molecular weight is 273 g/mol. The smallest absolute Gasteiger partial charge is 0.263 e. The highest BCUT2D eigenvalue weighted by atomic mass is 35.5. The molecule has 0 aliphatic heterocycles. The fourth-order valence-corrected chi connectivity index (χ4v) is 3.15. The maximum absolute atomic E-state index is 11.1. The first kappa shape index (κ1) is 11.9. The highest BCUT2D eigenvalue weighted by Crippen LogP contribution is 2.37. The van der Waals surface area contributed by atoms with Gasteiger partial charge in [0.2, 0.25) is 0 Å². The SMILES string of the molecule is CC(C)c1ccc2sc(C(=O)Cl)c(Cl)c2c1. The molecule has 4 heteroatoms. The lowest BCUT2D eigenvalue weighted by molar-refractivity contribution is 0.108. The molecule has 2 rings (SSSR count). The van der Waals surface area contributed by atoms with Gasteiger partial charge in [-0.05, 0) is 35.2 Å². The summed E-state index contributed by atoms with van der Waals surface area (Å²) in [6.07, 6.45) is 0. The summed E-state index contributed by atoms with van der Waals surface area (Å²) in [6.45, 7) is 4.24. The predicted octanol–water partition coefficient (Wildman–Crippen LogP) is 5.06. The number of hydrogen-bond acceptors (Lipinski definition) is 2. The Morgan fingerprint density at radius 3 is 2.62 bits per heavy atom. The molecule has 2 aromatic rings. The van der Waals surface area contributed by atoms with Crippen molar-refractivity contribution in [1.29, 1.82) is 0 Å². The fourth-order valence-electron chi connectivity index (χ4n) is 1.57. The van der Waals surface area contributed by atoms with Crippen molar-refractivity contribution in [3.05, 3.63) is 33.7 Å². The van der Waals surface area contributed by atoms with Crippen molar-refractivity contribution in [1.82, 2.24) is 0 Å². The van der Waals surface area contributed by atoms with Crippen LogP contribution in [0.2, 0.25) is 5.02 Å². The molecule has 0 spiro atoms. The molecule has 1 heterocycles. The minimum absolute atomic E-state index is 0.430. The molecule has 0 saturated heterocycles. The molecule has 0 amide bonds. The van der Waals surface area contributed by atoms with E-state index in [0.717, 1.165) is 10.1 Å². The molecule has 16 heavy (non-hydrogen) atoms. The van der Waals surface area contributed by atoms with E-state index in [-0.39, 0.29) is 0 Å². The summed E-state index contributed by atoms with van der Waals surface area (Å²) in [7, 11) is 0. The second-order valence-corrected chi connectivity index (χ2v) is 5.70. The van der Waals surface area contributed by atoms with Crippen molar-refractivity contribution < 1.29 is 4.79 Å². The molecule has 0 radical (unpaired) electrons. The van der Waals surface area contributed by atoms with Crippen molar-refractivity contribution in [2.75, 3.05) is 0 Å². The van der Waals surface area contributed by atoms with Crippen LogP contribution in [0, 0.1) is 0 Å². The van der Waals surface area contributed by atoms with Crippen LogP contribution in [0.4, 0.5) is 0 Å². The van der Waals surface area contributed by atoms with Crippen LogP contribution in [0.5, 0.6) is 0 Å². The molecule has 0 bridgehead atoms. The average Bonchev–Trinajstić information content (AvgIpc) is 2.56. The number of benzene rings is 1. The van der Waals surface area contributed by atoms with Crippen molar-refractivity contribution in [3.63, 3.8) is 0 Å². The van der Waals surface area contributed by atoms with E-state index >= 15 is 0 Å². The summed E-state index contributed by atoms with van der Waals surface area (Å²) in [4.78, 5) is 11.6. The third-order valence-corrected chi connectivity index (χ3v) is 4.47. The van der Waals surface area contributed by atoms with E-state index in [1.54, 1.807) is 0 Å². The third-order valence-electron chi connectivity index (χ3n) is 2.50. The van der Waals surface area contributed by atoms with Crippen LogP contribution in [-0.4, -0.2) is 5.24 Å². The summed E-state index contributed by atoms with van der Waals surface area (Å²) < 4.78 is 0.999. The van der Waals surface area contributed by atoms with Crippen LogP contribution in [0.3, 0.4) is 0 Å². The summed E-state index contributed by atoms with van der Waals surface area (Å²) in [5.74, 6) is 0.440. The van der Waals surface area contributed by atoms with Gasteiger partial charge in [0.15, 0.2) is 0 Å². The van der Waals surface area contributed by atoms with Crippen LogP contribution in [-0.2, 0) is 0 Å². The standard InChI is InChI=1S/C12H10Cl2OS/c1-6(2)7-3-4-9-8(5-7)10(13)11(16-9)12(14)15/h3-6H,1-2H3. The second-order valence-electron chi connectivity index (χ2n) is 3.93. The molecule has 0 atom stereocenters. The van der Waals surface area contributed by atoms with Gasteiger partial charge in [-0.1, -0.05) is 31.5 Å². The molecule has 1 aromatic carbocycles. The van der Waals surface area contributed by atoms with Crippen molar-refractivity contribution >= 4 is 49.9 Å². The number of fused-ring (bicyclic) bond motifs is 1. The topological polar surface area (TPSA) is 17.1 Å². The zero-order chi connectivity index (χ0) is 11.9. The van der Waals surface area contributed by atoms with Crippen LogP contribution in [0.25, 0.3) is 10.1 Å². The van der Waals surface area contributed by atoms with Gasteiger partial charge in [0.1, 0.15) is 4.88 Å². The van der Waals surface area contributed by atoms with E-state index in [2.05, 4.69) is 19.9 Å². The van der Waals surface area contributed by atoms with Crippen molar-refractivity contribution in [2.24, 2.45) is 0 Å². The van der Waals surface area contributed by atoms with Gasteiger partial charge in [0.05, 0.1) is 5.02 Å². The molecule has 0 N–H and O–H groups in total. The molecular weight excluding hydrogens is 263 g/mol. The zero-order valence-corrected chi connectivity index (χ0v) is 11.2. The molecule has 1 aromatic heterocycles. The van der Waals surface area contributed by atoms with Gasteiger partial charge in [0.25, 0.3) is 5.24 Å². The lowest BCUT2D eigenvalue weighted by Gasteiger charge is -2.04. The minimum atomic E-state index is -0.489. The number of halogens is 2. The van der Waals surface area contributed by atoms with E-state index in [9.17, 15) is 4.79 Å². The zero-order valence-electron chi connectivity index (χ0n) is 8.88. The maximum Gasteiger partial charge on any atom is 0.263 e. The molecule has 0 aliphatic rings. The van der Waals surface area contributed by atoms with E-state index < -0.39 is 5.24 Å². The number of hydrogen-bond donors (Lipinski definition) is 0. The Kier molecular flexibility index (Phi) is 3.24. The Morgan fingerprint density at radius 1 is 1.38 bits per heavy atom. The van der Waals surface area contributed by atoms with E-state index in [1.165, 1.54) is 16.9 Å². The van der Waals surface area contributed by atoms with Crippen molar-refractivity contribution in [2.45, 2.75) is 19.8 Å². The lowest BCUT2D eigenvalue weighted by atomic mass is 10.0. The minimum Gasteiger partial charge on any atom is -0.275 e. The van der Waals surface area contributed by atoms with Crippen LogP contribution in [0.15, 0.2) is 18.2 Å². The van der Waals surface area contributed by atoms with E-state index in [1.807, 2.05) is 12.1 Å².